The number of aryl methyl sites for hydroxylation is 2. The molecule has 1 unspecified atom stereocenters. The number of carbonyl (C=O) groups excluding carboxylic acids is 2. The summed E-state index contributed by atoms with van der Waals surface area (Å²) in [4.78, 5) is 35.1. The zero-order chi connectivity index (χ0) is 21.1. The normalized spacial score (nSPS) is 11.8. The van der Waals surface area contributed by atoms with Crippen LogP contribution in [0.3, 0.4) is 0 Å². The topological polar surface area (TPSA) is 98.5 Å². The fraction of sp³-hybridized carbons (Fsp3) is 0.238. The maximum atomic E-state index is 12.2. The molecule has 1 N–H and O–H groups in total. The number of fused-ring (bicyclic) bond motifs is 1. The number of hydrogen-bond acceptors (Lipinski definition) is 6. The Labute approximate surface area is 171 Å². The summed E-state index contributed by atoms with van der Waals surface area (Å²) in [7, 11) is 0. The molecule has 29 heavy (non-hydrogen) atoms. The molecule has 0 radical (unpaired) electrons. The molecule has 0 saturated carbocycles. The predicted octanol–water partition coefficient (Wildman–Crippen LogP) is 4.46. The lowest BCUT2D eigenvalue weighted by Crippen LogP contribution is -2.31. The van der Waals surface area contributed by atoms with Gasteiger partial charge in [-0.3, -0.25) is 14.9 Å². The van der Waals surface area contributed by atoms with Gasteiger partial charge in [0.15, 0.2) is 6.61 Å². The fourth-order valence-electron chi connectivity index (χ4n) is 2.85. The van der Waals surface area contributed by atoms with Gasteiger partial charge in [-0.15, -0.1) is 11.3 Å². The molecule has 3 rings (SSSR count). The summed E-state index contributed by atoms with van der Waals surface area (Å²) < 4.78 is 5.83. The molecule has 1 amide bonds. The van der Waals surface area contributed by atoms with Crippen LogP contribution in [0.5, 0.6) is 0 Å². The van der Waals surface area contributed by atoms with E-state index in [-0.39, 0.29) is 16.6 Å². The molecule has 3 aromatic rings. The number of nitro benzene ring substituents is 1. The number of nitrogens with zero attached hydrogens (tertiary/aromatic N) is 1. The van der Waals surface area contributed by atoms with E-state index in [0.29, 0.717) is 5.39 Å². The number of amides is 1. The van der Waals surface area contributed by atoms with Gasteiger partial charge >= 0.3 is 5.97 Å². The third-order valence-corrected chi connectivity index (χ3v) is 5.75. The van der Waals surface area contributed by atoms with Crippen molar-refractivity contribution >= 4 is 39.0 Å². The van der Waals surface area contributed by atoms with Crippen LogP contribution >= 0.6 is 11.3 Å². The van der Waals surface area contributed by atoms with Crippen molar-refractivity contribution in [3.63, 3.8) is 0 Å². The third kappa shape index (κ3) is 4.78. The van der Waals surface area contributed by atoms with E-state index in [2.05, 4.69) is 5.32 Å². The number of ether oxygens (including phenoxy) is 1. The maximum absolute atomic E-state index is 12.2. The van der Waals surface area contributed by atoms with Crippen LogP contribution in [0, 0.1) is 24.0 Å². The Balaban J connectivity index is 1.59. The van der Waals surface area contributed by atoms with E-state index in [0.717, 1.165) is 27.2 Å². The molecule has 1 heterocycles. The molecule has 1 aromatic heterocycles. The first-order chi connectivity index (χ1) is 13.7. The molecule has 0 spiro atoms. The second kappa shape index (κ2) is 8.40. The van der Waals surface area contributed by atoms with Gasteiger partial charge in [0.25, 0.3) is 11.6 Å². The Morgan fingerprint density at radius 3 is 2.59 bits per heavy atom. The summed E-state index contributed by atoms with van der Waals surface area (Å²) in [5, 5.41) is 14.3. The molecule has 0 aliphatic carbocycles. The van der Waals surface area contributed by atoms with Gasteiger partial charge in [0.1, 0.15) is 4.88 Å². The lowest BCUT2D eigenvalue weighted by atomic mass is 10.0. The molecule has 2 aromatic carbocycles. The number of rotatable bonds is 6. The molecule has 8 heteroatoms. The number of carbonyl (C=O) groups is 2. The first-order valence-electron chi connectivity index (χ1n) is 8.96. The number of benzene rings is 2. The first-order valence-corrected chi connectivity index (χ1v) is 9.78. The van der Waals surface area contributed by atoms with Gasteiger partial charge in [0.05, 0.1) is 11.0 Å². The first kappa shape index (κ1) is 20.5. The standard InChI is InChI=1S/C21H20N2O5S/c1-12-4-5-15(8-13(12)2)14(3)22-20(24)11-28-21(25)19-10-16-9-17(23(26)27)6-7-18(16)29-19/h4-10,14H,11H2,1-3H3,(H,22,24). The van der Waals surface area contributed by atoms with Crippen LogP contribution < -0.4 is 5.32 Å². The minimum Gasteiger partial charge on any atom is -0.451 e. The molecule has 7 nitrogen and oxygen atoms in total. The number of nitro groups is 1. The van der Waals surface area contributed by atoms with Crippen molar-refractivity contribution < 1.29 is 19.2 Å². The molecule has 0 bridgehead atoms. The molecule has 0 fully saturated rings. The summed E-state index contributed by atoms with van der Waals surface area (Å²) in [5.74, 6) is -1.04. The van der Waals surface area contributed by atoms with Crippen LogP contribution in [0.2, 0.25) is 0 Å². The predicted molar refractivity (Wildman–Crippen MR) is 111 cm³/mol. The number of hydrogen-bond donors (Lipinski definition) is 1. The molecular formula is C21H20N2O5S. The number of thiophene rings is 1. The summed E-state index contributed by atoms with van der Waals surface area (Å²) in [6.45, 7) is 5.49. The van der Waals surface area contributed by atoms with Crippen molar-refractivity contribution in [3.05, 3.63) is 74.1 Å². The van der Waals surface area contributed by atoms with Gasteiger partial charge < -0.3 is 10.1 Å². The van der Waals surface area contributed by atoms with Gasteiger partial charge in [0.2, 0.25) is 0 Å². The molecule has 0 saturated heterocycles. The van der Waals surface area contributed by atoms with Crippen molar-refractivity contribution in [1.82, 2.24) is 5.32 Å². The van der Waals surface area contributed by atoms with E-state index in [1.807, 2.05) is 39.0 Å². The van der Waals surface area contributed by atoms with E-state index >= 15 is 0 Å². The summed E-state index contributed by atoms with van der Waals surface area (Å²) in [5.41, 5.74) is 3.24. The van der Waals surface area contributed by atoms with Crippen molar-refractivity contribution in [2.75, 3.05) is 6.61 Å². The zero-order valence-electron chi connectivity index (χ0n) is 16.2. The van der Waals surface area contributed by atoms with E-state index in [1.54, 1.807) is 6.07 Å². The minimum absolute atomic E-state index is 0.0464. The lowest BCUT2D eigenvalue weighted by Gasteiger charge is -2.15. The Hall–Kier alpha value is -3.26. The Kier molecular flexibility index (Phi) is 5.93. The highest BCUT2D eigenvalue weighted by Gasteiger charge is 2.17. The van der Waals surface area contributed by atoms with Crippen LogP contribution in [0.15, 0.2) is 42.5 Å². The molecule has 1 atom stereocenters. The largest absolute Gasteiger partial charge is 0.451 e. The van der Waals surface area contributed by atoms with Gasteiger partial charge in [-0.2, -0.15) is 0 Å². The van der Waals surface area contributed by atoms with Crippen LogP contribution in [0.25, 0.3) is 10.1 Å². The highest BCUT2D eigenvalue weighted by Crippen LogP contribution is 2.29. The van der Waals surface area contributed by atoms with Crippen LogP contribution in [-0.4, -0.2) is 23.4 Å². The molecular weight excluding hydrogens is 392 g/mol. The lowest BCUT2D eigenvalue weighted by molar-refractivity contribution is -0.384. The molecule has 0 aliphatic heterocycles. The van der Waals surface area contributed by atoms with E-state index in [1.165, 1.54) is 23.8 Å². The van der Waals surface area contributed by atoms with Crippen molar-refractivity contribution in [2.24, 2.45) is 0 Å². The quantitative estimate of drug-likeness (QED) is 0.366. The van der Waals surface area contributed by atoms with Crippen molar-refractivity contribution in [3.8, 4) is 0 Å². The van der Waals surface area contributed by atoms with Crippen molar-refractivity contribution in [2.45, 2.75) is 26.8 Å². The summed E-state index contributed by atoms with van der Waals surface area (Å²) in [6.07, 6.45) is 0. The smallest absolute Gasteiger partial charge is 0.348 e. The molecule has 150 valence electrons. The van der Waals surface area contributed by atoms with Gasteiger partial charge in [-0.25, -0.2) is 4.79 Å². The number of nitrogens with one attached hydrogen (secondary N) is 1. The van der Waals surface area contributed by atoms with E-state index < -0.39 is 23.4 Å². The van der Waals surface area contributed by atoms with Crippen LogP contribution in [0.4, 0.5) is 5.69 Å². The van der Waals surface area contributed by atoms with Crippen LogP contribution in [0.1, 0.15) is 39.3 Å². The van der Waals surface area contributed by atoms with E-state index in [4.69, 9.17) is 4.74 Å². The highest BCUT2D eigenvalue weighted by atomic mass is 32.1. The SMILES string of the molecule is Cc1ccc(C(C)NC(=O)COC(=O)c2cc3cc([N+](=O)[O-])ccc3s2)cc1C. The Bertz CT molecular complexity index is 1110. The number of non-ortho nitro benzene ring substituents is 1. The second-order valence-electron chi connectivity index (χ2n) is 6.80. The number of esters is 1. The Morgan fingerprint density at radius 1 is 1.14 bits per heavy atom. The van der Waals surface area contributed by atoms with Gasteiger partial charge in [0, 0.05) is 22.2 Å². The van der Waals surface area contributed by atoms with Crippen molar-refractivity contribution in [1.29, 1.82) is 0 Å². The monoisotopic (exact) mass is 412 g/mol. The highest BCUT2D eigenvalue weighted by molar-refractivity contribution is 7.20. The van der Waals surface area contributed by atoms with E-state index in [9.17, 15) is 19.7 Å². The Morgan fingerprint density at radius 2 is 1.90 bits per heavy atom. The van der Waals surface area contributed by atoms with Gasteiger partial charge in [-0.1, -0.05) is 18.2 Å². The maximum Gasteiger partial charge on any atom is 0.348 e. The zero-order valence-corrected chi connectivity index (χ0v) is 17.0. The second-order valence-corrected chi connectivity index (χ2v) is 7.88. The van der Waals surface area contributed by atoms with Gasteiger partial charge in [-0.05, 0) is 49.6 Å². The summed E-state index contributed by atoms with van der Waals surface area (Å²) >= 11 is 1.16. The minimum atomic E-state index is -0.636. The fourth-order valence-corrected chi connectivity index (χ4v) is 3.78. The summed E-state index contributed by atoms with van der Waals surface area (Å²) in [6, 6.07) is 11.7. The average molecular weight is 412 g/mol. The average Bonchev–Trinajstić information content (AvgIpc) is 3.11. The third-order valence-electron chi connectivity index (χ3n) is 4.65. The molecule has 0 aliphatic rings. The van der Waals surface area contributed by atoms with Crippen LogP contribution in [-0.2, 0) is 9.53 Å².